The van der Waals surface area contributed by atoms with Gasteiger partial charge in [0.25, 0.3) is 11.8 Å². The summed E-state index contributed by atoms with van der Waals surface area (Å²) in [7, 11) is 0. The highest BCUT2D eigenvalue weighted by Crippen LogP contribution is 2.35. The fourth-order valence-corrected chi connectivity index (χ4v) is 5.67. The van der Waals surface area contributed by atoms with Gasteiger partial charge in [-0.15, -0.1) is 11.8 Å². The van der Waals surface area contributed by atoms with E-state index in [1.807, 2.05) is 0 Å². The molecule has 11 heteroatoms. The topological polar surface area (TPSA) is 135 Å². The van der Waals surface area contributed by atoms with E-state index in [2.05, 4.69) is 10.6 Å². The van der Waals surface area contributed by atoms with Crippen LogP contribution in [0.1, 0.15) is 45.6 Å². The number of aryl methyl sites for hydroxylation is 1. The third-order valence-electron chi connectivity index (χ3n) is 6.69. The van der Waals surface area contributed by atoms with Crippen molar-refractivity contribution in [2.45, 2.75) is 30.4 Å². The second kappa shape index (κ2) is 13.9. The number of amides is 4. The van der Waals surface area contributed by atoms with Crippen LogP contribution in [0.15, 0.2) is 106 Å². The molecule has 3 aromatic carbocycles. The highest BCUT2D eigenvalue weighted by molar-refractivity contribution is 8.00. The SMILES string of the molecule is CCOC(=O)c1ccc(N2C(=O)C[C@@H](Sc3cccc(NC(=O)/C(=C/c4ccc(C)o4)NC(=O)c4ccccc4)c3)C2=O)cc1. The summed E-state index contributed by atoms with van der Waals surface area (Å²) < 4.78 is 10.6. The summed E-state index contributed by atoms with van der Waals surface area (Å²) in [6.07, 6.45) is 1.43. The summed E-state index contributed by atoms with van der Waals surface area (Å²) in [6.45, 7) is 3.72. The first kappa shape index (κ1) is 31.0. The van der Waals surface area contributed by atoms with Crippen LogP contribution in [0.3, 0.4) is 0 Å². The molecule has 4 aromatic rings. The fraction of sp³-hybridized carbons (Fsp3) is 0.147. The van der Waals surface area contributed by atoms with Gasteiger partial charge in [0.05, 0.1) is 23.1 Å². The van der Waals surface area contributed by atoms with Crippen LogP contribution in [-0.2, 0) is 19.1 Å². The number of anilines is 2. The second-order valence-electron chi connectivity index (χ2n) is 9.95. The average Bonchev–Trinajstić information content (AvgIpc) is 3.57. The minimum atomic E-state index is -0.684. The van der Waals surface area contributed by atoms with Crippen molar-refractivity contribution in [1.82, 2.24) is 5.32 Å². The molecule has 1 aromatic heterocycles. The molecule has 45 heavy (non-hydrogen) atoms. The van der Waals surface area contributed by atoms with E-state index in [0.29, 0.717) is 38.9 Å². The van der Waals surface area contributed by atoms with Gasteiger partial charge < -0.3 is 19.8 Å². The summed E-state index contributed by atoms with van der Waals surface area (Å²) in [5.74, 6) is -1.24. The van der Waals surface area contributed by atoms with Gasteiger partial charge in [-0.05, 0) is 80.6 Å². The Bertz CT molecular complexity index is 1780. The van der Waals surface area contributed by atoms with Crippen LogP contribution >= 0.6 is 11.8 Å². The lowest BCUT2D eigenvalue weighted by Crippen LogP contribution is -2.31. The maximum Gasteiger partial charge on any atom is 0.338 e. The Kier molecular flexibility index (Phi) is 9.59. The van der Waals surface area contributed by atoms with Crippen LogP contribution < -0.4 is 15.5 Å². The van der Waals surface area contributed by atoms with Crippen LogP contribution in [0.5, 0.6) is 0 Å². The number of thioether (sulfide) groups is 1. The van der Waals surface area contributed by atoms with Crippen molar-refractivity contribution in [2.75, 3.05) is 16.8 Å². The minimum absolute atomic E-state index is 0.0132. The molecular weight excluding hydrogens is 594 g/mol. The Morgan fingerprint density at radius 3 is 2.40 bits per heavy atom. The van der Waals surface area contributed by atoms with Gasteiger partial charge in [0.15, 0.2) is 0 Å². The molecule has 2 heterocycles. The zero-order valence-electron chi connectivity index (χ0n) is 24.4. The number of carbonyl (C=O) groups is 5. The standard InChI is InChI=1S/C34H29N3O7S/c1-3-43-34(42)23-13-15-25(16-14-23)37-30(38)20-29(33(37)41)45-27-11-7-10-24(18-27)35-32(40)28(19-26-17-12-21(2)44-26)36-31(39)22-8-5-4-6-9-22/h4-19,29H,3,20H2,1-2H3,(H,35,40)(H,36,39)/b28-19-/t29-/m1/s1. The lowest BCUT2D eigenvalue weighted by molar-refractivity contribution is -0.121. The van der Waals surface area contributed by atoms with E-state index in [9.17, 15) is 24.0 Å². The summed E-state index contributed by atoms with van der Waals surface area (Å²) in [5.41, 5.74) is 1.46. The molecule has 0 spiro atoms. The maximum absolute atomic E-state index is 13.4. The van der Waals surface area contributed by atoms with Crippen LogP contribution in [0.2, 0.25) is 0 Å². The zero-order valence-corrected chi connectivity index (χ0v) is 25.3. The van der Waals surface area contributed by atoms with Crippen LogP contribution in [0.4, 0.5) is 11.4 Å². The number of hydrogen-bond acceptors (Lipinski definition) is 8. The van der Waals surface area contributed by atoms with Crippen molar-refractivity contribution in [3.8, 4) is 0 Å². The minimum Gasteiger partial charge on any atom is -0.462 e. The maximum atomic E-state index is 13.4. The number of carbonyl (C=O) groups excluding carboxylic acids is 5. The number of imide groups is 1. The van der Waals surface area contributed by atoms with Gasteiger partial charge in [-0.3, -0.25) is 19.2 Å². The molecule has 1 fully saturated rings. The lowest BCUT2D eigenvalue weighted by atomic mass is 10.2. The second-order valence-corrected chi connectivity index (χ2v) is 11.2. The van der Waals surface area contributed by atoms with Gasteiger partial charge in [0, 0.05) is 28.6 Å². The number of nitrogens with zero attached hydrogens (tertiary/aromatic N) is 1. The number of hydrogen-bond donors (Lipinski definition) is 2. The molecule has 0 saturated carbocycles. The van der Waals surface area contributed by atoms with E-state index in [-0.39, 0.29) is 30.5 Å². The highest BCUT2D eigenvalue weighted by atomic mass is 32.2. The highest BCUT2D eigenvalue weighted by Gasteiger charge is 2.40. The quantitative estimate of drug-likeness (QED) is 0.132. The summed E-state index contributed by atoms with van der Waals surface area (Å²) >= 11 is 1.20. The molecule has 0 bridgehead atoms. The van der Waals surface area contributed by atoms with E-state index in [4.69, 9.17) is 9.15 Å². The van der Waals surface area contributed by atoms with Gasteiger partial charge in [0.1, 0.15) is 17.2 Å². The Hall–Kier alpha value is -5.42. The third kappa shape index (κ3) is 7.57. The first-order chi connectivity index (χ1) is 21.7. The van der Waals surface area contributed by atoms with E-state index in [1.54, 1.807) is 80.6 Å². The molecule has 1 aliphatic rings. The van der Waals surface area contributed by atoms with E-state index >= 15 is 0 Å². The van der Waals surface area contributed by atoms with E-state index in [1.165, 1.54) is 42.1 Å². The Morgan fingerprint density at radius 1 is 0.956 bits per heavy atom. The number of nitrogens with one attached hydrogen (secondary N) is 2. The lowest BCUT2D eigenvalue weighted by Gasteiger charge is -2.15. The van der Waals surface area contributed by atoms with Crippen molar-refractivity contribution in [1.29, 1.82) is 0 Å². The normalized spacial score (nSPS) is 14.8. The molecule has 0 radical (unpaired) electrons. The monoisotopic (exact) mass is 623 g/mol. The predicted molar refractivity (Wildman–Crippen MR) is 170 cm³/mol. The van der Waals surface area contributed by atoms with Gasteiger partial charge >= 0.3 is 5.97 Å². The van der Waals surface area contributed by atoms with Crippen LogP contribution in [0.25, 0.3) is 6.08 Å². The van der Waals surface area contributed by atoms with Gasteiger partial charge in [0.2, 0.25) is 11.8 Å². The molecule has 228 valence electrons. The van der Waals surface area contributed by atoms with Gasteiger partial charge in [-0.1, -0.05) is 24.3 Å². The number of esters is 1. The molecular formula is C34H29N3O7S. The predicted octanol–water partition coefficient (Wildman–Crippen LogP) is 5.60. The van der Waals surface area contributed by atoms with Gasteiger partial charge in [-0.2, -0.15) is 0 Å². The molecule has 5 rings (SSSR count). The Morgan fingerprint density at radius 2 is 1.71 bits per heavy atom. The summed E-state index contributed by atoms with van der Waals surface area (Å²) in [6, 6.07) is 24.9. The number of rotatable bonds is 10. The summed E-state index contributed by atoms with van der Waals surface area (Å²) in [4.78, 5) is 66.0. The molecule has 4 amide bonds. The zero-order chi connectivity index (χ0) is 31.9. The van der Waals surface area contributed by atoms with E-state index in [0.717, 1.165) is 4.90 Å². The van der Waals surface area contributed by atoms with Crippen molar-refractivity contribution >= 4 is 58.8 Å². The van der Waals surface area contributed by atoms with E-state index < -0.39 is 23.0 Å². The molecule has 1 aliphatic heterocycles. The molecule has 1 saturated heterocycles. The Labute approximate surface area is 263 Å². The Balaban J connectivity index is 1.28. The first-order valence-corrected chi connectivity index (χ1v) is 15.0. The molecule has 0 aliphatic carbocycles. The fourth-order valence-electron chi connectivity index (χ4n) is 4.55. The number of ether oxygens (including phenoxy) is 1. The van der Waals surface area contributed by atoms with Crippen molar-refractivity contribution in [3.63, 3.8) is 0 Å². The number of furan rings is 1. The van der Waals surface area contributed by atoms with Crippen molar-refractivity contribution in [2.24, 2.45) is 0 Å². The molecule has 2 N–H and O–H groups in total. The third-order valence-corrected chi connectivity index (χ3v) is 7.87. The van der Waals surface area contributed by atoms with Gasteiger partial charge in [-0.25, -0.2) is 9.69 Å². The molecule has 10 nitrogen and oxygen atoms in total. The van der Waals surface area contributed by atoms with Crippen LogP contribution in [0, 0.1) is 6.92 Å². The summed E-state index contributed by atoms with van der Waals surface area (Å²) in [5, 5.41) is 4.77. The van der Waals surface area contributed by atoms with Crippen molar-refractivity contribution < 1.29 is 33.1 Å². The molecule has 0 unspecified atom stereocenters. The first-order valence-electron chi connectivity index (χ1n) is 14.1. The van der Waals surface area contributed by atoms with Crippen molar-refractivity contribution in [3.05, 3.63) is 119 Å². The number of benzene rings is 3. The average molecular weight is 624 g/mol. The largest absolute Gasteiger partial charge is 0.462 e. The van der Waals surface area contributed by atoms with Crippen LogP contribution in [-0.4, -0.2) is 41.5 Å². The smallest absolute Gasteiger partial charge is 0.338 e. The molecule has 1 atom stereocenters.